The first kappa shape index (κ1) is 17.5. The van der Waals surface area contributed by atoms with Crippen LogP contribution in [-0.4, -0.2) is 46.6 Å². The standard InChI is InChI=1S/C15H23N3O2S/c1-12(2)20-10-4-8-18(9-6-14(16)21)15(19)13-5-3-7-17-11-13/h3,5,7,11-12H,4,6,8-10H2,1-2H3,(H2,16,21). The second-order valence-electron chi connectivity index (χ2n) is 5.02. The molecule has 1 aromatic heterocycles. The van der Waals surface area contributed by atoms with Gasteiger partial charge in [0.25, 0.3) is 5.91 Å². The topological polar surface area (TPSA) is 68.5 Å². The summed E-state index contributed by atoms with van der Waals surface area (Å²) in [4.78, 5) is 18.6. The average molecular weight is 309 g/mol. The van der Waals surface area contributed by atoms with Crippen LogP contribution in [0.25, 0.3) is 0 Å². The van der Waals surface area contributed by atoms with E-state index >= 15 is 0 Å². The molecule has 0 aliphatic carbocycles. The SMILES string of the molecule is CC(C)OCCCN(CCC(N)=S)C(=O)c1cccnc1. The maximum absolute atomic E-state index is 12.4. The van der Waals surface area contributed by atoms with Crippen LogP contribution in [0.3, 0.4) is 0 Å². The molecule has 0 aliphatic rings. The van der Waals surface area contributed by atoms with Crippen LogP contribution in [0.5, 0.6) is 0 Å². The predicted octanol–water partition coefficient (Wildman–Crippen LogP) is 2.02. The minimum atomic E-state index is -0.0519. The number of amides is 1. The zero-order chi connectivity index (χ0) is 15.7. The van der Waals surface area contributed by atoms with Gasteiger partial charge in [-0.05, 0) is 32.4 Å². The van der Waals surface area contributed by atoms with Crippen LogP contribution in [0.15, 0.2) is 24.5 Å². The highest BCUT2D eigenvalue weighted by Crippen LogP contribution is 2.06. The van der Waals surface area contributed by atoms with Crippen molar-refractivity contribution in [3.63, 3.8) is 0 Å². The number of thiocarbonyl (C=S) groups is 1. The van der Waals surface area contributed by atoms with E-state index < -0.39 is 0 Å². The van der Waals surface area contributed by atoms with E-state index in [1.54, 1.807) is 29.4 Å². The summed E-state index contributed by atoms with van der Waals surface area (Å²) in [6.07, 6.45) is 4.71. The second kappa shape index (κ2) is 9.41. The third-order valence-corrected chi connectivity index (χ3v) is 3.05. The van der Waals surface area contributed by atoms with Gasteiger partial charge in [0.05, 0.1) is 16.7 Å². The van der Waals surface area contributed by atoms with Crippen molar-refractivity contribution in [2.75, 3.05) is 19.7 Å². The van der Waals surface area contributed by atoms with Crippen LogP contribution in [0.2, 0.25) is 0 Å². The minimum absolute atomic E-state index is 0.0519. The smallest absolute Gasteiger partial charge is 0.255 e. The van der Waals surface area contributed by atoms with Crippen molar-refractivity contribution in [1.29, 1.82) is 0 Å². The van der Waals surface area contributed by atoms with Crippen LogP contribution in [0.1, 0.15) is 37.0 Å². The molecule has 0 fully saturated rings. The quantitative estimate of drug-likeness (QED) is 0.558. The van der Waals surface area contributed by atoms with Gasteiger partial charge in [0, 0.05) is 38.5 Å². The van der Waals surface area contributed by atoms with Crippen LogP contribution >= 0.6 is 12.2 Å². The molecule has 1 amide bonds. The number of carbonyl (C=O) groups excluding carboxylic acids is 1. The summed E-state index contributed by atoms with van der Waals surface area (Å²) in [5.74, 6) is -0.0519. The van der Waals surface area contributed by atoms with E-state index in [0.717, 1.165) is 6.42 Å². The monoisotopic (exact) mass is 309 g/mol. The van der Waals surface area contributed by atoms with E-state index in [0.29, 0.717) is 36.7 Å². The van der Waals surface area contributed by atoms with Gasteiger partial charge in [0.15, 0.2) is 0 Å². The Kier molecular flexibility index (Phi) is 7.85. The average Bonchev–Trinajstić information content (AvgIpc) is 2.46. The molecule has 6 heteroatoms. The molecule has 116 valence electrons. The van der Waals surface area contributed by atoms with Gasteiger partial charge in [0.2, 0.25) is 0 Å². The fraction of sp³-hybridized carbons (Fsp3) is 0.533. The summed E-state index contributed by atoms with van der Waals surface area (Å²) in [5.41, 5.74) is 6.10. The molecule has 0 atom stereocenters. The van der Waals surface area contributed by atoms with E-state index in [1.165, 1.54) is 0 Å². The van der Waals surface area contributed by atoms with Crippen molar-refractivity contribution in [2.24, 2.45) is 5.73 Å². The Morgan fingerprint density at radius 3 is 2.81 bits per heavy atom. The van der Waals surface area contributed by atoms with Gasteiger partial charge in [-0.2, -0.15) is 0 Å². The summed E-state index contributed by atoms with van der Waals surface area (Å²) in [5, 5.41) is 0. The number of nitrogens with zero attached hydrogens (tertiary/aromatic N) is 2. The summed E-state index contributed by atoms with van der Waals surface area (Å²) in [7, 11) is 0. The molecule has 0 aromatic carbocycles. The Bertz CT molecular complexity index is 451. The molecule has 0 unspecified atom stereocenters. The molecule has 0 saturated carbocycles. The Hall–Kier alpha value is -1.53. The molecule has 0 aliphatic heterocycles. The van der Waals surface area contributed by atoms with E-state index in [4.69, 9.17) is 22.7 Å². The molecule has 21 heavy (non-hydrogen) atoms. The van der Waals surface area contributed by atoms with Gasteiger partial charge in [-0.15, -0.1) is 0 Å². The highest BCUT2D eigenvalue weighted by atomic mass is 32.1. The van der Waals surface area contributed by atoms with Gasteiger partial charge in [0.1, 0.15) is 0 Å². The molecule has 1 heterocycles. The zero-order valence-corrected chi connectivity index (χ0v) is 13.4. The van der Waals surface area contributed by atoms with Crippen LogP contribution in [0, 0.1) is 0 Å². The molecule has 0 saturated heterocycles. The maximum atomic E-state index is 12.4. The third-order valence-electron chi connectivity index (χ3n) is 2.85. The van der Waals surface area contributed by atoms with Crippen molar-refractivity contribution >= 4 is 23.1 Å². The zero-order valence-electron chi connectivity index (χ0n) is 12.6. The predicted molar refractivity (Wildman–Crippen MR) is 87.2 cm³/mol. The summed E-state index contributed by atoms with van der Waals surface area (Å²) >= 11 is 4.89. The first-order valence-corrected chi connectivity index (χ1v) is 7.50. The molecule has 1 aromatic rings. The van der Waals surface area contributed by atoms with Gasteiger partial charge in [-0.3, -0.25) is 9.78 Å². The molecule has 0 radical (unpaired) electrons. The molecular weight excluding hydrogens is 286 g/mol. The highest BCUT2D eigenvalue weighted by Gasteiger charge is 2.15. The summed E-state index contributed by atoms with van der Waals surface area (Å²) in [6.45, 7) is 5.74. The Labute approximate surface area is 131 Å². The number of rotatable bonds is 9. The molecule has 0 bridgehead atoms. The Morgan fingerprint density at radius 1 is 1.48 bits per heavy atom. The number of pyridine rings is 1. The van der Waals surface area contributed by atoms with Gasteiger partial charge in [-0.25, -0.2) is 0 Å². The Morgan fingerprint density at radius 2 is 2.24 bits per heavy atom. The Balaban J connectivity index is 2.59. The normalized spacial score (nSPS) is 10.6. The van der Waals surface area contributed by atoms with Crippen molar-refractivity contribution in [2.45, 2.75) is 32.8 Å². The molecule has 1 rings (SSSR count). The first-order valence-electron chi connectivity index (χ1n) is 7.10. The fourth-order valence-corrected chi connectivity index (χ4v) is 1.90. The molecule has 0 spiro atoms. The van der Waals surface area contributed by atoms with E-state index in [2.05, 4.69) is 4.98 Å². The summed E-state index contributed by atoms with van der Waals surface area (Å²) < 4.78 is 5.50. The molecule has 2 N–H and O–H groups in total. The third kappa shape index (κ3) is 7.15. The highest BCUT2D eigenvalue weighted by molar-refractivity contribution is 7.80. The number of ether oxygens (including phenoxy) is 1. The first-order chi connectivity index (χ1) is 10.0. The van der Waals surface area contributed by atoms with Gasteiger partial charge < -0.3 is 15.4 Å². The van der Waals surface area contributed by atoms with E-state index in [-0.39, 0.29) is 12.0 Å². The largest absolute Gasteiger partial charge is 0.393 e. The van der Waals surface area contributed by atoms with E-state index in [9.17, 15) is 4.79 Å². The van der Waals surface area contributed by atoms with Gasteiger partial charge >= 0.3 is 0 Å². The van der Waals surface area contributed by atoms with Crippen LogP contribution in [-0.2, 0) is 4.74 Å². The number of hydrogen-bond donors (Lipinski definition) is 1. The van der Waals surface area contributed by atoms with E-state index in [1.807, 2.05) is 13.8 Å². The lowest BCUT2D eigenvalue weighted by Crippen LogP contribution is -2.35. The second-order valence-corrected chi connectivity index (χ2v) is 5.55. The number of hydrogen-bond acceptors (Lipinski definition) is 4. The van der Waals surface area contributed by atoms with Crippen molar-refractivity contribution in [1.82, 2.24) is 9.88 Å². The van der Waals surface area contributed by atoms with Crippen molar-refractivity contribution in [3.8, 4) is 0 Å². The lowest BCUT2D eigenvalue weighted by atomic mass is 10.2. The number of carbonyl (C=O) groups is 1. The van der Waals surface area contributed by atoms with Gasteiger partial charge in [-0.1, -0.05) is 12.2 Å². The molecule has 5 nitrogen and oxygen atoms in total. The van der Waals surface area contributed by atoms with Crippen LogP contribution < -0.4 is 5.73 Å². The lowest BCUT2D eigenvalue weighted by Gasteiger charge is -2.22. The lowest BCUT2D eigenvalue weighted by molar-refractivity contribution is 0.0620. The maximum Gasteiger partial charge on any atom is 0.255 e. The molecular formula is C15H23N3O2S. The van der Waals surface area contributed by atoms with Crippen molar-refractivity contribution in [3.05, 3.63) is 30.1 Å². The van der Waals surface area contributed by atoms with Crippen molar-refractivity contribution < 1.29 is 9.53 Å². The fourth-order valence-electron chi connectivity index (χ4n) is 1.81. The minimum Gasteiger partial charge on any atom is -0.393 e. The number of nitrogens with two attached hydrogens (primary N) is 1. The number of aromatic nitrogens is 1. The van der Waals surface area contributed by atoms with Crippen LogP contribution in [0.4, 0.5) is 0 Å². The summed E-state index contributed by atoms with van der Waals surface area (Å²) in [6, 6.07) is 3.51.